The van der Waals surface area contributed by atoms with E-state index in [-0.39, 0.29) is 17.7 Å². The zero-order chi connectivity index (χ0) is 22.5. The molecular formula is C24H22N4O3S. The highest BCUT2D eigenvalue weighted by Crippen LogP contribution is 2.21. The second-order valence-corrected chi connectivity index (χ2v) is 8.34. The van der Waals surface area contributed by atoms with Crippen molar-refractivity contribution in [2.24, 2.45) is 0 Å². The van der Waals surface area contributed by atoms with Gasteiger partial charge in [-0.2, -0.15) is 0 Å². The van der Waals surface area contributed by atoms with Crippen molar-refractivity contribution < 1.29 is 9.59 Å². The number of carbonyl (C=O) groups excluding carboxylic acids is 2. The number of amides is 2. The van der Waals surface area contributed by atoms with Crippen molar-refractivity contribution in [3.63, 3.8) is 0 Å². The van der Waals surface area contributed by atoms with E-state index in [1.165, 1.54) is 30.8 Å². The van der Waals surface area contributed by atoms with Gasteiger partial charge in [0.15, 0.2) is 0 Å². The first-order valence-corrected chi connectivity index (χ1v) is 11.0. The monoisotopic (exact) mass is 446 g/mol. The smallest absolute Gasteiger partial charge is 0.257 e. The van der Waals surface area contributed by atoms with Gasteiger partial charge < -0.3 is 15.2 Å². The van der Waals surface area contributed by atoms with E-state index in [0.29, 0.717) is 13.0 Å². The fraction of sp³-hybridized carbons (Fsp3) is 0.167. The van der Waals surface area contributed by atoms with Gasteiger partial charge in [0.2, 0.25) is 5.43 Å². The molecule has 8 heteroatoms. The lowest BCUT2D eigenvalue weighted by Crippen LogP contribution is -2.34. The molecule has 0 atom stereocenters. The zero-order valence-corrected chi connectivity index (χ0v) is 18.3. The number of benzene rings is 2. The Morgan fingerprint density at radius 1 is 0.969 bits per heavy atom. The Balaban J connectivity index is 1.56. The summed E-state index contributed by atoms with van der Waals surface area (Å²) < 4.78 is 2.74. The third kappa shape index (κ3) is 4.76. The first-order valence-electron chi connectivity index (χ1n) is 10.2. The molecule has 0 aliphatic heterocycles. The van der Waals surface area contributed by atoms with E-state index in [9.17, 15) is 14.4 Å². The van der Waals surface area contributed by atoms with E-state index < -0.39 is 17.2 Å². The van der Waals surface area contributed by atoms with Gasteiger partial charge >= 0.3 is 0 Å². The predicted octanol–water partition coefficient (Wildman–Crippen LogP) is 2.99. The Bertz CT molecular complexity index is 1300. The standard InChI is InChI=1S/C24H22N4O3S/c1-25-23(30)17-14-28(12-11-16-7-3-2-4-8-16)15-18(22(17)29)24(31)26-13-21-27-19-9-5-6-10-20(19)32-21/h2-10,14-15H,11-13H2,1H3,(H,25,30)(H,26,31). The van der Waals surface area contributed by atoms with Gasteiger partial charge in [-0.1, -0.05) is 42.5 Å². The number of nitrogens with one attached hydrogen (secondary N) is 2. The second-order valence-electron chi connectivity index (χ2n) is 7.23. The highest BCUT2D eigenvalue weighted by atomic mass is 32.1. The van der Waals surface area contributed by atoms with Crippen molar-refractivity contribution in [3.05, 3.63) is 98.9 Å². The molecule has 0 saturated heterocycles. The number of aryl methyl sites for hydroxylation is 2. The zero-order valence-electron chi connectivity index (χ0n) is 17.5. The van der Waals surface area contributed by atoms with E-state index in [1.807, 2.05) is 54.6 Å². The molecule has 0 spiro atoms. The Kier molecular flexibility index (Phi) is 6.42. The van der Waals surface area contributed by atoms with Crippen molar-refractivity contribution in [2.75, 3.05) is 7.05 Å². The van der Waals surface area contributed by atoms with Crippen LogP contribution in [0.3, 0.4) is 0 Å². The largest absolute Gasteiger partial charge is 0.355 e. The molecule has 0 aliphatic rings. The summed E-state index contributed by atoms with van der Waals surface area (Å²) in [5, 5.41) is 5.98. The molecule has 4 rings (SSSR count). The maximum absolute atomic E-state index is 12.9. The number of carbonyl (C=O) groups is 2. The lowest BCUT2D eigenvalue weighted by Gasteiger charge is -2.12. The average molecular weight is 447 g/mol. The second kappa shape index (κ2) is 9.57. The molecule has 2 amide bonds. The molecule has 0 bridgehead atoms. The lowest BCUT2D eigenvalue weighted by molar-refractivity contribution is 0.0949. The van der Waals surface area contributed by atoms with E-state index in [2.05, 4.69) is 15.6 Å². The van der Waals surface area contributed by atoms with E-state index >= 15 is 0 Å². The first kappa shape index (κ1) is 21.5. The van der Waals surface area contributed by atoms with Crippen molar-refractivity contribution in [1.29, 1.82) is 0 Å². The third-order valence-electron chi connectivity index (χ3n) is 5.04. The number of hydrogen-bond donors (Lipinski definition) is 2. The minimum Gasteiger partial charge on any atom is -0.355 e. The van der Waals surface area contributed by atoms with Gasteiger partial charge in [0.1, 0.15) is 16.1 Å². The van der Waals surface area contributed by atoms with E-state index in [1.54, 1.807) is 4.57 Å². The fourth-order valence-electron chi connectivity index (χ4n) is 3.37. The third-order valence-corrected chi connectivity index (χ3v) is 6.07. The molecule has 2 N–H and O–H groups in total. The minimum absolute atomic E-state index is 0.0619. The van der Waals surface area contributed by atoms with Crippen LogP contribution in [0.4, 0.5) is 0 Å². The molecule has 0 aliphatic carbocycles. The molecule has 2 aromatic heterocycles. The molecular weight excluding hydrogens is 424 g/mol. The summed E-state index contributed by atoms with van der Waals surface area (Å²) in [4.78, 5) is 42.5. The number of para-hydroxylation sites is 1. The normalized spacial score (nSPS) is 10.8. The Morgan fingerprint density at radius 3 is 2.38 bits per heavy atom. The number of rotatable bonds is 7. The van der Waals surface area contributed by atoms with Crippen LogP contribution in [0.15, 0.2) is 71.8 Å². The van der Waals surface area contributed by atoms with Crippen molar-refractivity contribution in [1.82, 2.24) is 20.2 Å². The number of pyridine rings is 1. The molecule has 0 unspecified atom stereocenters. The highest BCUT2D eigenvalue weighted by Gasteiger charge is 2.19. The topological polar surface area (TPSA) is 93.1 Å². The Morgan fingerprint density at radius 2 is 1.66 bits per heavy atom. The lowest BCUT2D eigenvalue weighted by atomic mass is 10.1. The summed E-state index contributed by atoms with van der Waals surface area (Å²) in [6.07, 6.45) is 3.70. The summed E-state index contributed by atoms with van der Waals surface area (Å²) in [6.45, 7) is 0.721. The van der Waals surface area contributed by atoms with E-state index in [4.69, 9.17) is 0 Å². The number of fused-ring (bicyclic) bond motifs is 1. The summed E-state index contributed by atoms with van der Waals surface area (Å²) >= 11 is 1.49. The molecule has 0 saturated carbocycles. The number of hydrogen-bond acceptors (Lipinski definition) is 5. The number of nitrogens with zero attached hydrogens (tertiary/aromatic N) is 2. The first-order chi connectivity index (χ1) is 15.5. The van der Waals surface area contributed by atoms with Crippen molar-refractivity contribution >= 4 is 33.4 Å². The Labute approximate surface area is 188 Å². The van der Waals surface area contributed by atoms with Gasteiger partial charge in [-0.25, -0.2) is 4.98 Å². The highest BCUT2D eigenvalue weighted by molar-refractivity contribution is 7.18. The minimum atomic E-state index is -0.595. The summed E-state index contributed by atoms with van der Waals surface area (Å²) in [5.41, 5.74) is 1.26. The van der Waals surface area contributed by atoms with Crippen molar-refractivity contribution in [3.8, 4) is 0 Å². The predicted molar refractivity (Wildman–Crippen MR) is 125 cm³/mol. The molecule has 4 aromatic rings. The molecule has 2 heterocycles. The van der Waals surface area contributed by atoms with E-state index in [0.717, 1.165) is 20.8 Å². The van der Waals surface area contributed by atoms with Crippen LogP contribution in [0.2, 0.25) is 0 Å². The molecule has 7 nitrogen and oxygen atoms in total. The summed E-state index contributed by atoms with van der Waals surface area (Å²) in [6, 6.07) is 17.6. The van der Waals surface area contributed by atoms with Gasteiger partial charge in [-0.15, -0.1) is 11.3 Å². The van der Waals surface area contributed by atoms with Gasteiger partial charge in [0.05, 0.1) is 16.8 Å². The SMILES string of the molecule is CNC(=O)c1cn(CCc2ccccc2)cc(C(=O)NCc2nc3ccccc3s2)c1=O. The van der Waals surface area contributed by atoms with Crippen LogP contribution < -0.4 is 16.1 Å². The number of aromatic nitrogens is 2. The van der Waals surface area contributed by atoms with Gasteiger partial charge in [-0.05, 0) is 24.1 Å². The number of thiazole rings is 1. The van der Waals surface area contributed by atoms with Crippen LogP contribution in [0.1, 0.15) is 31.3 Å². The van der Waals surface area contributed by atoms with Crippen LogP contribution >= 0.6 is 11.3 Å². The fourth-order valence-corrected chi connectivity index (χ4v) is 4.28. The molecule has 0 radical (unpaired) electrons. The van der Waals surface area contributed by atoms with Crippen LogP contribution in [0.25, 0.3) is 10.2 Å². The van der Waals surface area contributed by atoms with Gasteiger partial charge in [0.25, 0.3) is 11.8 Å². The van der Waals surface area contributed by atoms with Crippen LogP contribution in [0.5, 0.6) is 0 Å². The quantitative estimate of drug-likeness (QED) is 0.456. The Hall–Kier alpha value is -3.78. The average Bonchev–Trinajstić information content (AvgIpc) is 3.25. The molecule has 0 fully saturated rings. The maximum atomic E-state index is 12.9. The van der Waals surface area contributed by atoms with Crippen molar-refractivity contribution in [2.45, 2.75) is 19.5 Å². The molecule has 2 aromatic carbocycles. The summed E-state index contributed by atoms with van der Waals surface area (Å²) in [7, 11) is 1.45. The molecule has 32 heavy (non-hydrogen) atoms. The van der Waals surface area contributed by atoms with Crippen LogP contribution in [-0.2, 0) is 19.5 Å². The van der Waals surface area contributed by atoms with Crippen LogP contribution in [-0.4, -0.2) is 28.4 Å². The molecule has 162 valence electrons. The van der Waals surface area contributed by atoms with Gasteiger partial charge in [0, 0.05) is 26.0 Å². The summed E-state index contributed by atoms with van der Waals surface area (Å²) in [5.74, 6) is -1.06. The van der Waals surface area contributed by atoms with Gasteiger partial charge in [-0.3, -0.25) is 14.4 Å². The maximum Gasteiger partial charge on any atom is 0.257 e. The van der Waals surface area contributed by atoms with Crippen LogP contribution in [0, 0.1) is 0 Å².